The molecular weight excluding hydrogens is 366 g/mol. The number of hydrogen-bond donors (Lipinski definition) is 2. The van der Waals surface area contributed by atoms with E-state index in [0.29, 0.717) is 42.4 Å². The number of ether oxygens (including phenoxy) is 1. The maximum atomic E-state index is 12.6. The van der Waals surface area contributed by atoms with E-state index >= 15 is 0 Å². The SMILES string of the molecule is COc1cc(C)cc(C(=O)NC[C@@H]2C[C@H]3CC[C@@H](C2)N3CC(=O)NC(C)(C)C)c1. The molecule has 3 rings (SSSR count). The monoisotopic (exact) mass is 401 g/mol. The first-order chi connectivity index (χ1) is 13.6. The lowest BCUT2D eigenvalue weighted by Crippen LogP contribution is -2.52. The lowest BCUT2D eigenvalue weighted by Gasteiger charge is -2.39. The highest BCUT2D eigenvalue weighted by atomic mass is 16.5. The van der Waals surface area contributed by atoms with E-state index in [4.69, 9.17) is 4.74 Å². The van der Waals surface area contributed by atoms with E-state index in [0.717, 1.165) is 31.2 Å². The van der Waals surface area contributed by atoms with E-state index in [1.54, 1.807) is 13.2 Å². The largest absolute Gasteiger partial charge is 0.497 e. The number of carbonyl (C=O) groups is 2. The molecule has 0 saturated carbocycles. The third-order valence-electron chi connectivity index (χ3n) is 5.92. The maximum Gasteiger partial charge on any atom is 0.251 e. The summed E-state index contributed by atoms with van der Waals surface area (Å²) in [6, 6.07) is 6.47. The lowest BCUT2D eigenvalue weighted by atomic mass is 9.90. The minimum absolute atomic E-state index is 0.0497. The number of hydrogen-bond acceptors (Lipinski definition) is 4. The van der Waals surface area contributed by atoms with Crippen LogP contribution in [0.4, 0.5) is 0 Å². The van der Waals surface area contributed by atoms with Gasteiger partial charge in [-0.05, 0) is 83.1 Å². The normalized spacial score (nSPS) is 24.2. The van der Waals surface area contributed by atoms with Gasteiger partial charge in [0.1, 0.15) is 5.75 Å². The van der Waals surface area contributed by atoms with Crippen LogP contribution >= 0.6 is 0 Å². The molecule has 2 saturated heterocycles. The molecule has 6 heteroatoms. The zero-order chi connectivity index (χ0) is 21.2. The summed E-state index contributed by atoms with van der Waals surface area (Å²) in [5.74, 6) is 1.22. The van der Waals surface area contributed by atoms with Crippen molar-refractivity contribution in [2.75, 3.05) is 20.2 Å². The number of benzene rings is 1. The quantitative estimate of drug-likeness (QED) is 0.769. The fourth-order valence-corrected chi connectivity index (χ4v) is 4.77. The Morgan fingerprint density at radius 3 is 2.38 bits per heavy atom. The molecule has 2 amide bonds. The smallest absolute Gasteiger partial charge is 0.251 e. The highest BCUT2D eigenvalue weighted by Gasteiger charge is 2.41. The van der Waals surface area contributed by atoms with Crippen LogP contribution in [0.15, 0.2) is 18.2 Å². The predicted octanol–water partition coefficient (Wildman–Crippen LogP) is 2.89. The molecule has 2 aliphatic heterocycles. The lowest BCUT2D eigenvalue weighted by molar-refractivity contribution is -0.125. The molecule has 1 aromatic rings. The van der Waals surface area contributed by atoms with Crippen molar-refractivity contribution in [2.24, 2.45) is 5.92 Å². The van der Waals surface area contributed by atoms with E-state index in [1.165, 1.54) is 0 Å². The topological polar surface area (TPSA) is 70.7 Å². The van der Waals surface area contributed by atoms with Gasteiger partial charge < -0.3 is 15.4 Å². The molecule has 2 bridgehead atoms. The van der Waals surface area contributed by atoms with E-state index in [-0.39, 0.29) is 17.4 Å². The summed E-state index contributed by atoms with van der Waals surface area (Å²) in [6.07, 6.45) is 4.37. The molecule has 6 nitrogen and oxygen atoms in total. The minimum atomic E-state index is -0.197. The van der Waals surface area contributed by atoms with E-state index < -0.39 is 0 Å². The van der Waals surface area contributed by atoms with Crippen molar-refractivity contribution in [2.45, 2.75) is 71.0 Å². The van der Waals surface area contributed by atoms with Gasteiger partial charge in [-0.1, -0.05) is 0 Å². The fraction of sp³-hybridized carbons (Fsp3) is 0.652. The highest BCUT2D eigenvalue weighted by molar-refractivity contribution is 5.94. The van der Waals surface area contributed by atoms with Crippen LogP contribution in [0.1, 0.15) is 62.4 Å². The summed E-state index contributed by atoms with van der Waals surface area (Å²) in [4.78, 5) is 27.3. The van der Waals surface area contributed by atoms with Gasteiger partial charge in [0.2, 0.25) is 5.91 Å². The number of fused-ring (bicyclic) bond motifs is 2. The van der Waals surface area contributed by atoms with Crippen molar-refractivity contribution in [3.63, 3.8) is 0 Å². The summed E-state index contributed by atoms with van der Waals surface area (Å²) in [7, 11) is 1.61. The summed E-state index contributed by atoms with van der Waals surface area (Å²) in [5.41, 5.74) is 1.45. The third-order valence-corrected chi connectivity index (χ3v) is 5.92. The van der Waals surface area contributed by atoms with Crippen molar-refractivity contribution >= 4 is 11.8 Å². The van der Waals surface area contributed by atoms with Crippen molar-refractivity contribution in [3.05, 3.63) is 29.3 Å². The van der Waals surface area contributed by atoms with Crippen LogP contribution in [0.2, 0.25) is 0 Å². The molecule has 29 heavy (non-hydrogen) atoms. The van der Waals surface area contributed by atoms with Crippen LogP contribution in [0.25, 0.3) is 0 Å². The molecule has 3 atom stereocenters. The first kappa shape index (κ1) is 21.6. The highest BCUT2D eigenvalue weighted by Crippen LogP contribution is 2.38. The third kappa shape index (κ3) is 5.72. The zero-order valence-corrected chi connectivity index (χ0v) is 18.4. The van der Waals surface area contributed by atoms with Crippen molar-refractivity contribution < 1.29 is 14.3 Å². The first-order valence-electron chi connectivity index (χ1n) is 10.7. The number of amides is 2. The van der Waals surface area contributed by atoms with Gasteiger partial charge in [-0.15, -0.1) is 0 Å². The number of piperidine rings is 1. The van der Waals surface area contributed by atoms with Crippen molar-refractivity contribution in [1.29, 1.82) is 0 Å². The standard InChI is InChI=1S/C23H35N3O3/c1-15-8-17(12-20(9-15)29-5)22(28)24-13-16-10-18-6-7-19(11-16)26(18)14-21(27)25-23(2,3)4/h8-9,12,16,18-19H,6-7,10-11,13-14H2,1-5H3,(H,24,28)(H,25,27)/t16-,18-,19+. The Kier molecular flexibility index (Phi) is 6.52. The number of aryl methyl sites for hydroxylation is 1. The second-order valence-electron chi connectivity index (χ2n) is 9.64. The number of nitrogens with zero attached hydrogens (tertiary/aromatic N) is 1. The van der Waals surface area contributed by atoms with E-state index in [2.05, 4.69) is 15.5 Å². The Bertz CT molecular complexity index is 742. The second-order valence-corrected chi connectivity index (χ2v) is 9.64. The summed E-state index contributed by atoms with van der Waals surface area (Å²) in [6.45, 7) is 9.16. The molecular formula is C23H35N3O3. The Hall–Kier alpha value is -2.08. The summed E-state index contributed by atoms with van der Waals surface area (Å²) in [5, 5.41) is 6.18. The Labute approximate surface area is 174 Å². The van der Waals surface area contributed by atoms with E-state index in [1.807, 2.05) is 39.8 Å². The molecule has 0 spiro atoms. The number of methoxy groups -OCH3 is 1. The Balaban J connectivity index is 1.52. The van der Waals surface area contributed by atoms with Gasteiger partial charge in [0.05, 0.1) is 13.7 Å². The minimum Gasteiger partial charge on any atom is -0.497 e. The first-order valence-corrected chi connectivity index (χ1v) is 10.7. The molecule has 2 N–H and O–H groups in total. The van der Waals surface area contributed by atoms with Crippen LogP contribution in [0.3, 0.4) is 0 Å². The number of rotatable bonds is 6. The van der Waals surface area contributed by atoms with Crippen molar-refractivity contribution in [3.8, 4) is 5.75 Å². The maximum absolute atomic E-state index is 12.6. The molecule has 2 aliphatic rings. The van der Waals surface area contributed by atoms with Gasteiger partial charge in [-0.3, -0.25) is 14.5 Å². The van der Waals surface area contributed by atoms with Gasteiger partial charge in [0, 0.05) is 29.7 Å². The fourth-order valence-electron chi connectivity index (χ4n) is 4.77. The Morgan fingerprint density at radius 1 is 1.14 bits per heavy atom. The molecule has 2 heterocycles. The molecule has 1 aromatic carbocycles. The average Bonchev–Trinajstić information content (AvgIpc) is 2.86. The van der Waals surface area contributed by atoms with Crippen molar-refractivity contribution in [1.82, 2.24) is 15.5 Å². The molecule has 0 aromatic heterocycles. The molecule has 0 radical (unpaired) electrons. The van der Waals surface area contributed by atoms with Crippen LogP contribution in [0, 0.1) is 12.8 Å². The molecule has 160 valence electrons. The van der Waals surface area contributed by atoms with Crippen LogP contribution in [-0.4, -0.2) is 54.5 Å². The average molecular weight is 402 g/mol. The van der Waals surface area contributed by atoms with Gasteiger partial charge >= 0.3 is 0 Å². The zero-order valence-electron chi connectivity index (χ0n) is 18.4. The van der Waals surface area contributed by atoms with Gasteiger partial charge in [-0.25, -0.2) is 0 Å². The van der Waals surface area contributed by atoms with Crippen LogP contribution in [0.5, 0.6) is 5.75 Å². The van der Waals surface area contributed by atoms with Gasteiger partial charge in [-0.2, -0.15) is 0 Å². The molecule has 0 aliphatic carbocycles. The van der Waals surface area contributed by atoms with Gasteiger partial charge in [0.25, 0.3) is 5.91 Å². The molecule has 2 fully saturated rings. The number of nitrogens with one attached hydrogen (secondary N) is 2. The Morgan fingerprint density at radius 2 is 1.79 bits per heavy atom. The second kappa shape index (κ2) is 8.74. The summed E-state index contributed by atoms with van der Waals surface area (Å²) < 4.78 is 5.27. The van der Waals surface area contributed by atoms with E-state index in [9.17, 15) is 9.59 Å². The van der Waals surface area contributed by atoms with Gasteiger partial charge in [0.15, 0.2) is 0 Å². The predicted molar refractivity (Wildman–Crippen MR) is 114 cm³/mol. The van der Waals surface area contributed by atoms with Crippen LogP contribution in [-0.2, 0) is 4.79 Å². The number of carbonyl (C=O) groups excluding carboxylic acids is 2. The van der Waals surface area contributed by atoms with Crippen LogP contribution < -0.4 is 15.4 Å². The summed E-state index contributed by atoms with van der Waals surface area (Å²) >= 11 is 0. The molecule has 0 unspecified atom stereocenters.